The molecule has 3 N–H and O–H groups in total. The molecule has 0 saturated heterocycles. The van der Waals surface area contributed by atoms with Crippen molar-refractivity contribution in [1.29, 1.82) is 0 Å². The molecule has 0 aliphatic rings. The smallest absolute Gasteiger partial charge is 0.321 e. The van der Waals surface area contributed by atoms with E-state index in [2.05, 4.69) is 0 Å². The monoisotopic (exact) mass is 205 g/mol. The van der Waals surface area contributed by atoms with Gasteiger partial charge in [0.1, 0.15) is 6.04 Å². The lowest BCUT2D eigenvalue weighted by molar-refractivity contribution is -0.144. The van der Waals surface area contributed by atoms with E-state index in [1.165, 1.54) is 0 Å². The van der Waals surface area contributed by atoms with Crippen LogP contribution in [0.25, 0.3) is 0 Å². The van der Waals surface area contributed by atoms with Gasteiger partial charge in [-0.3, -0.25) is 9.59 Å². The van der Waals surface area contributed by atoms with E-state index in [0.717, 1.165) is 0 Å². The Balaban J connectivity index is 3.96. The van der Waals surface area contributed by atoms with Crippen molar-refractivity contribution in [2.24, 2.45) is 5.73 Å². The third kappa shape index (κ3) is 6.29. The van der Waals surface area contributed by atoms with Crippen LogP contribution in [0, 0.1) is 0 Å². The zero-order valence-electron chi connectivity index (χ0n) is 8.03. The fraction of sp³-hybridized carbons (Fsp3) is 0.714. The molecule has 0 heterocycles. The Bertz CT molecular complexity index is 211. The summed E-state index contributed by atoms with van der Waals surface area (Å²) in [7, 11) is -1.92. The Morgan fingerprint density at radius 2 is 1.92 bits per heavy atom. The molecule has 0 aliphatic heterocycles. The van der Waals surface area contributed by atoms with Crippen molar-refractivity contribution in [2.45, 2.75) is 32.1 Å². The second-order valence-electron chi connectivity index (χ2n) is 3.74. The standard InChI is InChI=1S/C7H15NO4Si/c1-13(2,3)12-6(9)4-5(8)7(10)11/h5H,4,8H2,1-3H3,(H,10,11). The second-order valence-corrected chi connectivity index (χ2v) is 8.16. The van der Waals surface area contributed by atoms with Gasteiger partial charge in [-0.05, 0) is 19.6 Å². The number of nitrogens with two attached hydrogens (primary N) is 1. The summed E-state index contributed by atoms with van der Waals surface area (Å²) < 4.78 is 5.02. The molecule has 0 spiro atoms. The molecule has 5 nitrogen and oxygen atoms in total. The quantitative estimate of drug-likeness (QED) is 0.638. The number of carbonyl (C=O) groups is 2. The number of carbonyl (C=O) groups excluding carboxylic acids is 1. The van der Waals surface area contributed by atoms with Gasteiger partial charge in [-0.25, -0.2) is 0 Å². The number of hydrogen-bond donors (Lipinski definition) is 2. The van der Waals surface area contributed by atoms with E-state index in [1.54, 1.807) is 0 Å². The van der Waals surface area contributed by atoms with Gasteiger partial charge in [0, 0.05) is 0 Å². The lowest BCUT2D eigenvalue weighted by Crippen LogP contribution is -2.36. The maximum Gasteiger partial charge on any atom is 0.321 e. The minimum atomic E-state index is -1.92. The van der Waals surface area contributed by atoms with Crippen LogP contribution in [0.15, 0.2) is 0 Å². The van der Waals surface area contributed by atoms with Gasteiger partial charge in [-0.15, -0.1) is 0 Å². The maximum absolute atomic E-state index is 11.0. The van der Waals surface area contributed by atoms with Gasteiger partial charge in [0.2, 0.25) is 8.32 Å². The van der Waals surface area contributed by atoms with E-state index in [-0.39, 0.29) is 6.42 Å². The first-order valence-electron chi connectivity index (χ1n) is 3.92. The minimum Gasteiger partial charge on any atom is -0.520 e. The Hall–Kier alpha value is -0.883. The lowest BCUT2D eigenvalue weighted by Gasteiger charge is -2.17. The highest BCUT2D eigenvalue weighted by Crippen LogP contribution is 2.05. The molecule has 0 saturated carbocycles. The SMILES string of the molecule is C[Si](C)(C)OC(=O)CC(N)C(=O)O. The molecule has 76 valence electrons. The average molecular weight is 205 g/mol. The summed E-state index contributed by atoms with van der Waals surface area (Å²) in [5, 5.41) is 8.41. The fourth-order valence-corrected chi connectivity index (χ4v) is 1.42. The van der Waals surface area contributed by atoms with Crippen molar-refractivity contribution in [3.05, 3.63) is 0 Å². The molecule has 0 aliphatic carbocycles. The van der Waals surface area contributed by atoms with Crippen molar-refractivity contribution in [3.63, 3.8) is 0 Å². The molecule has 1 atom stereocenters. The van der Waals surface area contributed by atoms with Crippen LogP contribution in [0.1, 0.15) is 6.42 Å². The van der Waals surface area contributed by atoms with Crippen LogP contribution in [-0.2, 0) is 14.0 Å². The predicted molar refractivity (Wildman–Crippen MR) is 49.7 cm³/mol. The molecule has 0 aromatic carbocycles. The number of carboxylic acids is 1. The van der Waals surface area contributed by atoms with Crippen molar-refractivity contribution < 1.29 is 19.1 Å². The normalized spacial score (nSPS) is 13.5. The average Bonchev–Trinajstić information content (AvgIpc) is 1.81. The molecule has 0 aromatic heterocycles. The Morgan fingerprint density at radius 3 is 2.23 bits per heavy atom. The van der Waals surface area contributed by atoms with Crippen molar-refractivity contribution >= 4 is 20.3 Å². The molecule has 0 rings (SSSR count). The molecule has 1 unspecified atom stereocenters. The van der Waals surface area contributed by atoms with Gasteiger partial charge < -0.3 is 15.3 Å². The fourth-order valence-electron chi connectivity index (χ4n) is 0.650. The predicted octanol–water partition coefficient (Wildman–Crippen LogP) is 0.166. The number of aliphatic carboxylic acids is 1. The van der Waals surface area contributed by atoms with E-state index in [4.69, 9.17) is 15.3 Å². The summed E-state index contributed by atoms with van der Waals surface area (Å²) in [5.74, 6) is -1.72. The van der Waals surface area contributed by atoms with Gasteiger partial charge in [-0.2, -0.15) is 0 Å². The molecule has 0 amide bonds. The van der Waals surface area contributed by atoms with Crippen LogP contribution >= 0.6 is 0 Å². The van der Waals surface area contributed by atoms with E-state index < -0.39 is 26.3 Å². The second kappa shape index (κ2) is 4.38. The summed E-state index contributed by atoms with van der Waals surface area (Å²) in [5.41, 5.74) is 5.15. The lowest BCUT2D eigenvalue weighted by atomic mass is 10.2. The third-order valence-corrected chi connectivity index (χ3v) is 1.96. The van der Waals surface area contributed by atoms with Crippen molar-refractivity contribution in [2.75, 3.05) is 0 Å². The first kappa shape index (κ1) is 12.1. The molecule has 0 bridgehead atoms. The maximum atomic E-state index is 11.0. The summed E-state index contributed by atoms with van der Waals surface area (Å²) in [6.45, 7) is 5.53. The molecule has 0 fully saturated rings. The van der Waals surface area contributed by atoms with E-state index in [9.17, 15) is 9.59 Å². The van der Waals surface area contributed by atoms with Crippen molar-refractivity contribution in [3.8, 4) is 0 Å². The van der Waals surface area contributed by atoms with Crippen LogP contribution in [0.3, 0.4) is 0 Å². The first-order chi connectivity index (χ1) is 5.72. The van der Waals surface area contributed by atoms with Gasteiger partial charge in [-0.1, -0.05) is 0 Å². The Kier molecular flexibility index (Phi) is 4.08. The zero-order chi connectivity index (χ0) is 10.6. The minimum absolute atomic E-state index is 0.264. The number of hydrogen-bond acceptors (Lipinski definition) is 4. The molecule has 0 radical (unpaired) electrons. The zero-order valence-corrected chi connectivity index (χ0v) is 9.03. The largest absolute Gasteiger partial charge is 0.520 e. The summed E-state index contributed by atoms with van der Waals surface area (Å²) >= 11 is 0. The molecule has 0 aromatic rings. The van der Waals surface area contributed by atoms with E-state index >= 15 is 0 Å². The van der Waals surface area contributed by atoms with Crippen LogP contribution in [-0.4, -0.2) is 31.4 Å². The van der Waals surface area contributed by atoms with E-state index in [0.29, 0.717) is 0 Å². The van der Waals surface area contributed by atoms with Crippen LogP contribution in [0.4, 0.5) is 0 Å². The van der Waals surface area contributed by atoms with Crippen LogP contribution in [0.2, 0.25) is 19.6 Å². The summed E-state index contributed by atoms with van der Waals surface area (Å²) in [4.78, 5) is 21.3. The highest BCUT2D eigenvalue weighted by Gasteiger charge is 2.23. The van der Waals surface area contributed by atoms with Crippen LogP contribution < -0.4 is 5.73 Å². The van der Waals surface area contributed by atoms with E-state index in [1.807, 2.05) is 19.6 Å². The van der Waals surface area contributed by atoms with Crippen molar-refractivity contribution in [1.82, 2.24) is 0 Å². The Morgan fingerprint density at radius 1 is 1.46 bits per heavy atom. The van der Waals surface area contributed by atoms with Gasteiger partial charge in [0.25, 0.3) is 5.97 Å². The highest BCUT2D eigenvalue weighted by molar-refractivity contribution is 6.71. The third-order valence-electron chi connectivity index (χ3n) is 1.12. The summed E-state index contributed by atoms with van der Waals surface area (Å²) in [6.07, 6.45) is -0.264. The molecule has 6 heteroatoms. The first-order valence-corrected chi connectivity index (χ1v) is 7.33. The molecule has 13 heavy (non-hydrogen) atoms. The van der Waals surface area contributed by atoms with Gasteiger partial charge >= 0.3 is 5.97 Å². The Labute approximate surface area is 78.0 Å². The highest BCUT2D eigenvalue weighted by atomic mass is 28.4. The number of rotatable bonds is 4. The molecular formula is C7H15NO4Si. The topological polar surface area (TPSA) is 89.6 Å². The number of carboxylic acid groups (broad SMARTS) is 1. The van der Waals surface area contributed by atoms with Gasteiger partial charge in [0.05, 0.1) is 6.42 Å². The van der Waals surface area contributed by atoms with Crippen LogP contribution in [0.5, 0.6) is 0 Å². The summed E-state index contributed by atoms with van der Waals surface area (Å²) in [6, 6.07) is -1.16. The molecular weight excluding hydrogens is 190 g/mol. The van der Waals surface area contributed by atoms with Gasteiger partial charge in [0.15, 0.2) is 0 Å².